The number of oxime groups is 1. The van der Waals surface area contributed by atoms with Gasteiger partial charge in [-0.1, -0.05) is 73.7 Å². The molecule has 0 spiro atoms. The number of halogens is 6. The van der Waals surface area contributed by atoms with Gasteiger partial charge in [0.05, 0.1) is 0 Å². The maximum absolute atomic E-state index is 13.6. The number of hydrogen-bond acceptors (Lipinski definition) is 3. The Labute approximate surface area is 218 Å². The van der Waals surface area contributed by atoms with Crippen molar-refractivity contribution in [2.45, 2.75) is 82.0 Å². The molecule has 206 valence electrons. The summed E-state index contributed by atoms with van der Waals surface area (Å²) in [5.41, 5.74) is 0.777. The van der Waals surface area contributed by atoms with Crippen molar-refractivity contribution in [2.24, 2.45) is 11.1 Å². The Kier molecular flexibility index (Phi) is 8.23. The fraction of sp³-hybridized carbons (Fsp3) is 0.517. The number of alkyl halides is 6. The standard InChI is InChI=1S/C29H31F6NO2/c1-38-36-25(17-19-7-3-2-4-8-19)26(37)20-11-12-22-21-9-5-6-10-23(21)27(24(22)18-20,13-15-28(30,31)32)14-16-29(33,34)35/h5-6,9-12,18-19H,2-4,7-8,13-17H2,1H3/b36-25+. The number of benzene rings is 2. The Bertz CT molecular complexity index is 1160. The number of rotatable bonds is 9. The van der Waals surface area contributed by atoms with Crippen molar-refractivity contribution >= 4 is 11.5 Å². The van der Waals surface area contributed by atoms with E-state index in [9.17, 15) is 31.1 Å². The Balaban J connectivity index is 1.77. The first-order valence-corrected chi connectivity index (χ1v) is 13.0. The maximum Gasteiger partial charge on any atom is 0.389 e. The van der Waals surface area contributed by atoms with Gasteiger partial charge in [0.1, 0.15) is 12.8 Å². The zero-order valence-electron chi connectivity index (χ0n) is 21.2. The molecule has 0 radical (unpaired) electrons. The molecule has 2 aromatic carbocycles. The summed E-state index contributed by atoms with van der Waals surface area (Å²) in [7, 11) is 1.34. The molecule has 4 rings (SSSR count). The Morgan fingerprint density at radius 3 is 2.11 bits per heavy atom. The predicted octanol–water partition coefficient (Wildman–Crippen LogP) is 8.79. The van der Waals surface area contributed by atoms with E-state index < -0.39 is 49.2 Å². The molecule has 0 amide bonds. The molecule has 1 saturated carbocycles. The van der Waals surface area contributed by atoms with Crippen molar-refractivity contribution in [1.29, 1.82) is 0 Å². The van der Waals surface area contributed by atoms with Gasteiger partial charge in [0, 0.05) is 23.8 Å². The fourth-order valence-corrected chi connectivity index (χ4v) is 6.08. The van der Waals surface area contributed by atoms with Crippen molar-refractivity contribution in [3.05, 3.63) is 59.2 Å². The number of Topliss-reactive ketones (excluding diaryl/α,β-unsaturated/α-hetero) is 1. The van der Waals surface area contributed by atoms with Gasteiger partial charge in [0.2, 0.25) is 5.78 Å². The molecule has 0 atom stereocenters. The Morgan fingerprint density at radius 2 is 1.50 bits per heavy atom. The van der Waals surface area contributed by atoms with Crippen LogP contribution in [0.2, 0.25) is 0 Å². The number of hydrogen-bond donors (Lipinski definition) is 0. The third kappa shape index (κ3) is 6.24. The highest BCUT2D eigenvalue weighted by atomic mass is 19.4. The molecule has 2 aliphatic carbocycles. The summed E-state index contributed by atoms with van der Waals surface area (Å²) in [5, 5.41) is 3.97. The first-order valence-electron chi connectivity index (χ1n) is 13.0. The van der Waals surface area contributed by atoms with Gasteiger partial charge < -0.3 is 4.84 Å². The molecule has 0 saturated heterocycles. The van der Waals surface area contributed by atoms with Crippen LogP contribution in [0.1, 0.15) is 85.7 Å². The molecule has 0 aliphatic heterocycles. The number of carbonyl (C=O) groups excluding carboxylic acids is 1. The lowest BCUT2D eigenvalue weighted by Gasteiger charge is -2.33. The first-order chi connectivity index (χ1) is 17.9. The second-order valence-corrected chi connectivity index (χ2v) is 10.4. The van der Waals surface area contributed by atoms with E-state index in [-0.39, 0.29) is 17.2 Å². The molecule has 9 heteroatoms. The summed E-state index contributed by atoms with van der Waals surface area (Å²) >= 11 is 0. The van der Waals surface area contributed by atoms with Crippen LogP contribution in [0.5, 0.6) is 0 Å². The van der Waals surface area contributed by atoms with E-state index in [2.05, 4.69) is 5.16 Å². The lowest BCUT2D eigenvalue weighted by molar-refractivity contribution is -0.143. The minimum atomic E-state index is -4.55. The highest BCUT2D eigenvalue weighted by molar-refractivity contribution is 6.46. The third-order valence-corrected chi connectivity index (χ3v) is 7.87. The van der Waals surface area contributed by atoms with Gasteiger partial charge in [0.15, 0.2) is 0 Å². The molecule has 0 N–H and O–H groups in total. The third-order valence-electron chi connectivity index (χ3n) is 7.87. The van der Waals surface area contributed by atoms with Crippen molar-refractivity contribution in [3.8, 4) is 11.1 Å². The van der Waals surface area contributed by atoms with E-state index in [4.69, 9.17) is 4.84 Å². The van der Waals surface area contributed by atoms with Crippen LogP contribution in [0, 0.1) is 5.92 Å². The minimum Gasteiger partial charge on any atom is -0.399 e. The summed E-state index contributed by atoms with van der Waals surface area (Å²) in [6.07, 6.45) is -7.05. The second-order valence-electron chi connectivity index (χ2n) is 10.4. The summed E-state index contributed by atoms with van der Waals surface area (Å²) in [6, 6.07) is 11.3. The molecule has 0 unspecified atom stereocenters. The average Bonchev–Trinajstić information content (AvgIpc) is 3.15. The van der Waals surface area contributed by atoms with Gasteiger partial charge in [-0.15, -0.1) is 0 Å². The predicted molar refractivity (Wildman–Crippen MR) is 133 cm³/mol. The molecule has 0 aromatic heterocycles. The zero-order chi connectivity index (χ0) is 27.6. The van der Waals surface area contributed by atoms with Crippen LogP contribution in [0.15, 0.2) is 47.6 Å². The number of ketones is 1. The molecule has 38 heavy (non-hydrogen) atoms. The number of nitrogens with zero attached hydrogens (tertiary/aromatic N) is 1. The van der Waals surface area contributed by atoms with Gasteiger partial charge in [-0.2, -0.15) is 26.3 Å². The Morgan fingerprint density at radius 1 is 0.895 bits per heavy atom. The fourth-order valence-electron chi connectivity index (χ4n) is 6.08. The van der Waals surface area contributed by atoms with E-state index in [1.807, 2.05) is 0 Å². The van der Waals surface area contributed by atoms with Crippen molar-refractivity contribution in [1.82, 2.24) is 0 Å². The van der Waals surface area contributed by atoms with E-state index in [0.29, 0.717) is 28.7 Å². The lowest BCUT2D eigenvalue weighted by atomic mass is 9.70. The molecule has 3 nitrogen and oxygen atoms in total. The average molecular weight is 540 g/mol. The topological polar surface area (TPSA) is 38.7 Å². The maximum atomic E-state index is 13.6. The van der Waals surface area contributed by atoms with Crippen LogP contribution in [0.4, 0.5) is 26.3 Å². The summed E-state index contributed by atoms with van der Waals surface area (Å²) in [4.78, 5) is 18.5. The quantitative estimate of drug-likeness (QED) is 0.138. The van der Waals surface area contributed by atoms with Gasteiger partial charge in [-0.3, -0.25) is 4.79 Å². The summed E-state index contributed by atoms with van der Waals surface area (Å²) in [6.45, 7) is 0. The molecule has 1 fully saturated rings. The van der Waals surface area contributed by atoms with Crippen LogP contribution < -0.4 is 0 Å². The SMILES string of the molecule is CO/N=C(\CC1CCCCC1)C(=O)c1ccc2c(c1)C(CCC(F)(F)F)(CCC(F)(F)F)c1ccccc1-2. The Hall–Kier alpha value is -2.84. The molecule has 2 aliphatic rings. The largest absolute Gasteiger partial charge is 0.399 e. The highest BCUT2D eigenvalue weighted by Crippen LogP contribution is 2.55. The summed E-state index contributed by atoms with van der Waals surface area (Å²) < 4.78 is 80.5. The van der Waals surface area contributed by atoms with Crippen LogP contribution in [-0.2, 0) is 10.3 Å². The van der Waals surface area contributed by atoms with Gasteiger partial charge >= 0.3 is 12.4 Å². The van der Waals surface area contributed by atoms with Crippen LogP contribution in [0.25, 0.3) is 11.1 Å². The van der Waals surface area contributed by atoms with Gasteiger partial charge in [0.25, 0.3) is 0 Å². The second kappa shape index (κ2) is 11.1. The number of carbonyl (C=O) groups is 1. The monoisotopic (exact) mass is 539 g/mol. The van der Waals surface area contributed by atoms with Crippen LogP contribution >= 0.6 is 0 Å². The van der Waals surface area contributed by atoms with Crippen molar-refractivity contribution in [3.63, 3.8) is 0 Å². The van der Waals surface area contributed by atoms with Crippen LogP contribution in [0.3, 0.4) is 0 Å². The zero-order valence-corrected chi connectivity index (χ0v) is 21.2. The summed E-state index contributed by atoms with van der Waals surface area (Å²) in [5.74, 6) is -0.144. The normalized spacial score (nSPS) is 17.7. The van der Waals surface area contributed by atoms with Crippen molar-refractivity contribution < 1.29 is 36.0 Å². The molecular formula is C29H31F6NO2. The lowest BCUT2D eigenvalue weighted by Crippen LogP contribution is -2.30. The highest BCUT2D eigenvalue weighted by Gasteiger charge is 2.47. The molecule has 0 bridgehead atoms. The number of fused-ring (bicyclic) bond motifs is 3. The molecule has 0 heterocycles. The molecular weight excluding hydrogens is 508 g/mol. The minimum absolute atomic E-state index is 0.187. The van der Waals surface area contributed by atoms with Gasteiger partial charge in [-0.25, -0.2) is 0 Å². The van der Waals surface area contributed by atoms with E-state index in [1.54, 1.807) is 36.4 Å². The van der Waals surface area contributed by atoms with Crippen molar-refractivity contribution in [2.75, 3.05) is 7.11 Å². The van der Waals surface area contributed by atoms with E-state index in [0.717, 1.165) is 32.1 Å². The van der Waals surface area contributed by atoms with E-state index in [1.165, 1.54) is 13.2 Å². The molecule has 2 aromatic rings. The van der Waals surface area contributed by atoms with Gasteiger partial charge in [-0.05, 0) is 53.5 Å². The van der Waals surface area contributed by atoms with Crippen LogP contribution in [-0.4, -0.2) is 31.0 Å². The smallest absolute Gasteiger partial charge is 0.389 e. The van der Waals surface area contributed by atoms with E-state index >= 15 is 0 Å². The first kappa shape index (κ1) is 28.2.